The van der Waals surface area contributed by atoms with Gasteiger partial charge >= 0.3 is 0 Å². The Morgan fingerprint density at radius 1 is 1.11 bits per heavy atom. The van der Waals surface area contributed by atoms with Crippen molar-refractivity contribution in [2.24, 2.45) is 11.8 Å². The van der Waals surface area contributed by atoms with Crippen molar-refractivity contribution in [3.8, 4) is 5.75 Å². The van der Waals surface area contributed by atoms with Gasteiger partial charge in [0.2, 0.25) is 17.7 Å². The maximum absolute atomic E-state index is 14.1. The Hall–Kier alpha value is -2.26. The van der Waals surface area contributed by atoms with Crippen LogP contribution in [0.4, 0.5) is 5.69 Å². The largest absolute Gasteiger partial charge is 0.494 e. The molecule has 1 aromatic rings. The molecule has 3 aliphatic rings. The van der Waals surface area contributed by atoms with Gasteiger partial charge in [-0.25, -0.2) is 0 Å². The van der Waals surface area contributed by atoms with Crippen LogP contribution in [0.1, 0.15) is 73.1 Å². The summed E-state index contributed by atoms with van der Waals surface area (Å²) >= 11 is 1.69. The second kappa shape index (κ2) is 11.1. The number of amides is 3. The molecule has 2 unspecified atom stereocenters. The summed E-state index contributed by atoms with van der Waals surface area (Å²) in [7, 11) is 0. The molecule has 5 atom stereocenters. The number of aliphatic hydroxyl groups is 1. The summed E-state index contributed by atoms with van der Waals surface area (Å²) in [6.45, 7) is 11.1. The lowest BCUT2D eigenvalue weighted by atomic mass is 9.66. The predicted molar refractivity (Wildman–Crippen MR) is 150 cm³/mol. The molecule has 4 rings (SSSR count). The molecule has 2 bridgehead atoms. The fourth-order valence-corrected chi connectivity index (χ4v) is 8.93. The zero-order valence-electron chi connectivity index (χ0n) is 23.3. The first kappa shape index (κ1) is 28.7. The molecule has 1 spiro atoms. The van der Waals surface area contributed by atoms with Crippen LogP contribution in [-0.4, -0.2) is 68.6 Å². The van der Waals surface area contributed by atoms with Crippen LogP contribution in [0.5, 0.6) is 5.75 Å². The number of hydrogen-bond acceptors (Lipinski definition) is 6. The van der Waals surface area contributed by atoms with Crippen molar-refractivity contribution < 1.29 is 24.2 Å². The molecule has 1 aromatic carbocycles. The molecular weight excluding hydrogens is 502 g/mol. The molecule has 3 saturated heterocycles. The number of ether oxygens (including phenoxy) is 1. The zero-order chi connectivity index (χ0) is 27.7. The summed E-state index contributed by atoms with van der Waals surface area (Å²) in [5, 5.41) is 15.3. The van der Waals surface area contributed by atoms with E-state index in [2.05, 4.69) is 17.6 Å². The highest BCUT2D eigenvalue weighted by molar-refractivity contribution is 8.02. The first-order valence-corrected chi connectivity index (χ1v) is 14.7. The molecule has 0 aromatic heterocycles. The quantitative estimate of drug-likeness (QED) is 0.363. The van der Waals surface area contributed by atoms with Gasteiger partial charge in [0.1, 0.15) is 11.8 Å². The van der Waals surface area contributed by atoms with E-state index in [1.54, 1.807) is 16.7 Å². The van der Waals surface area contributed by atoms with Crippen molar-refractivity contribution in [2.75, 3.05) is 25.1 Å². The topological polar surface area (TPSA) is 108 Å². The molecule has 8 nitrogen and oxygen atoms in total. The minimum atomic E-state index is -0.618. The number of anilines is 1. The highest BCUT2D eigenvalue weighted by Crippen LogP contribution is 2.71. The number of rotatable bonds is 11. The van der Waals surface area contributed by atoms with Gasteiger partial charge in [0.05, 0.1) is 23.2 Å². The van der Waals surface area contributed by atoms with Crippen molar-refractivity contribution >= 4 is 35.2 Å². The number of benzene rings is 1. The standard InChI is InChI=1S/C29H43N3O5S/c1-6-37-20-13-11-19(12-14-20)30-24(34)21-22-26(36)32(17-9-7-8-10-18-33)23(25(35)31-27(2,3)4)29(22)16-15-28(21,5)38-29/h11-14,21-23,33H,6-10,15-18H2,1-5H3,(H,30,34)(H,31,35)/t21-,22-,23?,28+,29?/m0/s1. The van der Waals surface area contributed by atoms with E-state index in [1.165, 1.54) is 0 Å². The predicted octanol–water partition coefficient (Wildman–Crippen LogP) is 3.97. The summed E-state index contributed by atoms with van der Waals surface area (Å²) in [5.41, 5.74) is 0.231. The Morgan fingerprint density at radius 3 is 2.42 bits per heavy atom. The van der Waals surface area contributed by atoms with Gasteiger partial charge in [-0.1, -0.05) is 12.8 Å². The second-order valence-corrected chi connectivity index (χ2v) is 14.0. The van der Waals surface area contributed by atoms with E-state index in [0.29, 0.717) is 18.8 Å². The number of unbranched alkanes of at least 4 members (excludes halogenated alkanes) is 3. The van der Waals surface area contributed by atoms with Crippen LogP contribution in [0.2, 0.25) is 0 Å². The number of likely N-dealkylation sites (tertiary alicyclic amines) is 1. The SMILES string of the molecule is CCOc1ccc(NC(=O)[C@@H]2[C@H]3C(=O)N(CCCCCCO)C(C(=O)NC(C)(C)C)C34CC[C@@]2(C)S4)cc1. The first-order valence-electron chi connectivity index (χ1n) is 13.9. The molecule has 3 aliphatic heterocycles. The first-order chi connectivity index (χ1) is 18.0. The van der Waals surface area contributed by atoms with Gasteiger partial charge in [-0.3, -0.25) is 14.4 Å². The molecule has 38 heavy (non-hydrogen) atoms. The fraction of sp³-hybridized carbons (Fsp3) is 0.690. The van der Waals surface area contributed by atoms with Crippen LogP contribution in [0, 0.1) is 11.8 Å². The van der Waals surface area contributed by atoms with E-state index in [-0.39, 0.29) is 24.3 Å². The molecule has 3 heterocycles. The maximum Gasteiger partial charge on any atom is 0.244 e. The van der Waals surface area contributed by atoms with Gasteiger partial charge in [0.25, 0.3) is 0 Å². The van der Waals surface area contributed by atoms with Gasteiger partial charge in [0.15, 0.2) is 0 Å². The Kier molecular flexibility index (Phi) is 8.38. The van der Waals surface area contributed by atoms with E-state index < -0.39 is 32.9 Å². The van der Waals surface area contributed by atoms with Crippen LogP contribution >= 0.6 is 11.8 Å². The molecule has 3 fully saturated rings. The maximum atomic E-state index is 14.1. The summed E-state index contributed by atoms with van der Waals surface area (Å²) in [6.07, 6.45) is 4.77. The third-order valence-electron chi connectivity index (χ3n) is 8.05. The number of hydrogen-bond donors (Lipinski definition) is 3. The van der Waals surface area contributed by atoms with E-state index >= 15 is 0 Å². The van der Waals surface area contributed by atoms with Crippen molar-refractivity contribution in [1.82, 2.24) is 10.2 Å². The van der Waals surface area contributed by atoms with Crippen LogP contribution in [-0.2, 0) is 14.4 Å². The molecule has 210 valence electrons. The number of carbonyl (C=O) groups excluding carboxylic acids is 3. The monoisotopic (exact) mass is 545 g/mol. The number of nitrogens with zero attached hydrogens (tertiary/aromatic N) is 1. The number of carbonyl (C=O) groups is 3. The lowest BCUT2D eigenvalue weighted by Gasteiger charge is -2.36. The van der Waals surface area contributed by atoms with Gasteiger partial charge < -0.3 is 25.4 Å². The van der Waals surface area contributed by atoms with Gasteiger partial charge in [0, 0.05) is 29.1 Å². The fourth-order valence-electron chi connectivity index (χ4n) is 6.57. The van der Waals surface area contributed by atoms with Crippen molar-refractivity contribution in [2.45, 2.75) is 94.2 Å². The molecule has 0 aliphatic carbocycles. The minimum absolute atomic E-state index is 0.0796. The number of thioether (sulfide) groups is 1. The number of aliphatic hydroxyl groups excluding tert-OH is 1. The van der Waals surface area contributed by atoms with Crippen LogP contribution in [0.25, 0.3) is 0 Å². The van der Waals surface area contributed by atoms with Crippen LogP contribution in [0.15, 0.2) is 24.3 Å². The summed E-state index contributed by atoms with van der Waals surface area (Å²) in [4.78, 5) is 43.4. The molecule has 0 saturated carbocycles. The highest BCUT2D eigenvalue weighted by Gasteiger charge is 2.77. The number of nitrogens with one attached hydrogen (secondary N) is 2. The summed E-state index contributed by atoms with van der Waals surface area (Å²) < 4.78 is 4.48. The Labute approximate surface area is 230 Å². The molecule has 3 amide bonds. The Bertz CT molecular complexity index is 1040. The second-order valence-electron chi connectivity index (χ2n) is 12.1. The van der Waals surface area contributed by atoms with Crippen LogP contribution < -0.4 is 15.4 Å². The smallest absolute Gasteiger partial charge is 0.244 e. The Morgan fingerprint density at radius 2 is 1.79 bits per heavy atom. The van der Waals surface area contributed by atoms with Gasteiger partial charge in [-0.15, -0.1) is 11.8 Å². The third-order valence-corrected chi connectivity index (χ3v) is 10.0. The lowest BCUT2D eigenvalue weighted by molar-refractivity contribution is -0.139. The van der Waals surface area contributed by atoms with E-state index in [1.807, 2.05) is 52.0 Å². The number of fused-ring (bicyclic) bond motifs is 1. The molecular formula is C29H43N3O5S. The average Bonchev–Trinajstić information content (AvgIpc) is 3.40. The van der Waals surface area contributed by atoms with E-state index in [9.17, 15) is 14.4 Å². The average molecular weight is 546 g/mol. The van der Waals surface area contributed by atoms with Gasteiger partial charge in [-0.05, 0) is 84.6 Å². The molecule has 0 radical (unpaired) electrons. The van der Waals surface area contributed by atoms with Gasteiger partial charge in [-0.2, -0.15) is 0 Å². The molecule has 9 heteroatoms. The third kappa shape index (κ3) is 5.41. The van der Waals surface area contributed by atoms with Crippen molar-refractivity contribution in [1.29, 1.82) is 0 Å². The minimum Gasteiger partial charge on any atom is -0.494 e. The Balaban J connectivity index is 1.61. The van der Waals surface area contributed by atoms with E-state index in [0.717, 1.165) is 44.3 Å². The normalized spacial score (nSPS) is 29.9. The zero-order valence-corrected chi connectivity index (χ0v) is 24.2. The van der Waals surface area contributed by atoms with Crippen molar-refractivity contribution in [3.05, 3.63) is 24.3 Å². The summed E-state index contributed by atoms with van der Waals surface area (Å²) in [6, 6.07) is 6.67. The van der Waals surface area contributed by atoms with E-state index in [4.69, 9.17) is 9.84 Å². The lowest BCUT2D eigenvalue weighted by Crippen LogP contribution is -2.57. The highest BCUT2D eigenvalue weighted by atomic mass is 32.2. The van der Waals surface area contributed by atoms with Crippen molar-refractivity contribution in [3.63, 3.8) is 0 Å². The molecule has 3 N–H and O–H groups in total. The summed E-state index contributed by atoms with van der Waals surface area (Å²) in [5.74, 6) is -0.701. The van der Waals surface area contributed by atoms with Crippen LogP contribution in [0.3, 0.4) is 0 Å².